The Hall–Kier alpha value is -2.02. The zero-order chi connectivity index (χ0) is 35.1. The van der Waals surface area contributed by atoms with Crippen molar-refractivity contribution in [3.05, 3.63) is 29.1 Å². The molecule has 0 radical (unpaired) electrons. The molecule has 0 unspecified atom stereocenters. The third kappa shape index (κ3) is 22.6. The van der Waals surface area contributed by atoms with Crippen molar-refractivity contribution in [3.8, 4) is 5.75 Å². The largest absolute Gasteiger partial charge is 0.420 e. The predicted molar refractivity (Wildman–Crippen MR) is 163 cm³/mol. The molecule has 0 N–H and O–H groups in total. The van der Waals surface area contributed by atoms with Gasteiger partial charge in [0.05, 0.1) is 119 Å². The normalized spacial score (nSPS) is 11.5. The summed E-state index contributed by atoms with van der Waals surface area (Å²) in [5.41, 5.74) is 0. The zero-order valence-corrected chi connectivity index (χ0v) is 27.9. The molecule has 0 amide bonds. The molecule has 0 fully saturated rings. The van der Waals surface area contributed by atoms with Crippen LogP contribution < -0.4 is 4.74 Å². The molecule has 0 heterocycles. The molecular weight excluding hydrogens is 655 g/mol. The van der Waals surface area contributed by atoms with Gasteiger partial charge in [0.1, 0.15) is 0 Å². The minimum atomic E-state index is -2.35. The first-order chi connectivity index (χ1) is 23.4. The van der Waals surface area contributed by atoms with Gasteiger partial charge in [-0.25, -0.2) is 13.2 Å². The van der Waals surface area contributed by atoms with Gasteiger partial charge in [0, 0.05) is 6.61 Å². The molecule has 0 bridgehead atoms. The number of rotatable bonds is 34. The molecule has 16 heteroatoms. The highest BCUT2D eigenvalue weighted by atomic mass is 19.2. The minimum absolute atomic E-state index is 0.0864. The fourth-order valence-corrected chi connectivity index (χ4v) is 3.66. The Morgan fingerprint density at radius 1 is 0.396 bits per heavy atom. The van der Waals surface area contributed by atoms with E-state index in [1.165, 1.54) is 25.7 Å². The first-order valence-corrected chi connectivity index (χ1v) is 16.3. The van der Waals surface area contributed by atoms with E-state index >= 15 is 0 Å². The van der Waals surface area contributed by atoms with Gasteiger partial charge in [0.25, 0.3) is 0 Å². The number of esters is 1. The van der Waals surface area contributed by atoms with Gasteiger partial charge >= 0.3 is 5.97 Å². The van der Waals surface area contributed by atoms with Gasteiger partial charge in [-0.2, -0.15) is 8.78 Å². The maximum atomic E-state index is 13.5. The number of hydrogen-bond donors (Lipinski definition) is 0. The lowest BCUT2D eigenvalue weighted by molar-refractivity contribution is -0.136. The van der Waals surface area contributed by atoms with Crippen molar-refractivity contribution in [1.29, 1.82) is 0 Å². The van der Waals surface area contributed by atoms with Crippen LogP contribution in [0.2, 0.25) is 0 Å². The summed E-state index contributed by atoms with van der Waals surface area (Å²) in [5.74, 6) is -14.1. The second kappa shape index (κ2) is 31.0. The fourth-order valence-electron chi connectivity index (χ4n) is 3.66. The highest BCUT2D eigenvalue weighted by molar-refractivity contribution is 5.72. The molecule has 1 rings (SSSR count). The van der Waals surface area contributed by atoms with Crippen LogP contribution in [-0.2, 0) is 47.4 Å². The van der Waals surface area contributed by atoms with Crippen LogP contribution in [0.5, 0.6) is 5.75 Å². The average molecular weight is 707 g/mol. The summed E-state index contributed by atoms with van der Waals surface area (Å²) < 4.78 is 119. The van der Waals surface area contributed by atoms with Crippen LogP contribution in [0.3, 0.4) is 0 Å². The molecule has 0 spiro atoms. The van der Waals surface area contributed by atoms with Crippen LogP contribution in [0.4, 0.5) is 22.0 Å². The molecule has 0 aliphatic heterocycles. The molecule has 1 aromatic rings. The van der Waals surface area contributed by atoms with E-state index in [2.05, 4.69) is 11.7 Å². The van der Waals surface area contributed by atoms with Crippen molar-refractivity contribution >= 4 is 5.97 Å². The van der Waals surface area contributed by atoms with Crippen molar-refractivity contribution in [2.45, 2.75) is 45.4 Å². The number of hydrogen-bond acceptors (Lipinski definition) is 11. The van der Waals surface area contributed by atoms with Gasteiger partial charge in [0.2, 0.25) is 34.8 Å². The zero-order valence-electron chi connectivity index (χ0n) is 27.9. The van der Waals surface area contributed by atoms with Crippen molar-refractivity contribution in [2.75, 3.05) is 119 Å². The highest BCUT2D eigenvalue weighted by Crippen LogP contribution is 2.29. The molecular formula is C32H51F5O11. The molecule has 0 saturated carbocycles. The monoisotopic (exact) mass is 706 g/mol. The van der Waals surface area contributed by atoms with Crippen LogP contribution >= 0.6 is 0 Å². The van der Waals surface area contributed by atoms with Gasteiger partial charge in [-0.05, 0) is 6.42 Å². The lowest BCUT2D eigenvalue weighted by Gasteiger charge is -2.09. The van der Waals surface area contributed by atoms with Crippen LogP contribution in [0.1, 0.15) is 45.4 Å². The first kappa shape index (κ1) is 44.0. The van der Waals surface area contributed by atoms with E-state index in [9.17, 15) is 26.7 Å². The molecule has 0 aliphatic carbocycles. The molecule has 0 atom stereocenters. The molecule has 280 valence electrons. The van der Waals surface area contributed by atoms with E-state index in [0.29, 0.717) is 85.9 Å². The molecule has 0 aromatic heterocycles. The van der Waals surface area contributed by atoms with Crippen molar-refractivity contribution < 1.29 is 74.1 Å². The molecule has 0 saturated heterocycles. The first-order valence-electron chi connectivity index (χ1n) is 16.3. The summed E-state index contributed by atoms with van der Waals surface area (Å²) >= 11 is 0. The number of unbranched alkanes of at least 4 members (excludes halogenated alkanes) is 4. The highest BCUT2D eigenvalue weighted by Gasteiger charge is 2.28. The summed E-state index contributed by atoms with van der Waals surface area (Å²) in [6.45, 7) is 9.33. The Balaban J connectivity index is 1.75. The lowest BCUT2D eigenvalue weighted by Crippen LogP contribution is -2.16. The molecule has 1 aromatic carbocycles. The molecule has 0 aliphatic rings. The summed E-state index contributed by atoms with van der Waals surface area (Å²) in [6.07, 6.45) is 5.67. The Morgan fingerprint density at radius 2 is 0.688 bits per heavy atom. The van der Waals surface area contributed by atoms with Crippen LogP contribution in [-0.4, -0.2) is 125 Å². The van der Waals surface area contributed by atoms with Crippen LogP contribution in [0.25, 0.3) is 0 Å². The maximum Gasteiger partial charge on any atom is 0.313 e. The number of ether oxygens (including phenoxy) is 10. The van der Waals surface area contributed by atoms with Gasteiger partial charge < -0.3 is 47.4 Å². The van der Waals surface area contributed by atoms with E-state index in [4.69, 9.17) is 42.6 Å². The van der Waals surface area contributed by atoms with Gasteiger partial charge in [-0.1, -0.05) is 32.6 Å². The Bertz CT molecular complexity index is 917. The van der Waals surface area contributed by atoms with E-state index < -0.39 is 47.2 Å². The van der Waals surface area contributed by atoms with Gasteiger partial charge in [-0.15, -0.1) is 0 Å². The van der Waals surface area contributed by atoms with E-state index in [1.54, 1.807) is 0 Å². The minimum Gasteiger partial charge on any atom is -0.420 e. The third-order valence-corrected chi connectivity index (χ3v) is 6.20. The SMILES string of the molecule is CCCCCCCOCCOCCOCCOCCOCCOCCOCCOCCOCCC(=O)Oc1c(F)c(F)c(F)c(F)c1F. The number of halogens is 5. The van der Waals surface area contributed by atoms with Gasteiger partial charge in [0.15, 0.2) is 0 Å². The summed E-state index contributed by atoms with van der Waals surface area (Å²) in [6, 6.07) is 0. The van der Waals surface area contributed by atoms with E-state index in [-0.39, 0.29) is 26.4 Å². The number of benzene rings is 1. The van der Waals surface area contributed by atoms with Crippen molar-refractivity contribution in [2.24, 2.45) is 0 Å². The van der Waals surface area contributed by atoms with E-state index in [1.807, 2.05) is 0 Å². The van der Waals surface area contributed by atoms with Crippen molar-refractivity contribution in [3.63, 3.8) is 0 Å². The standard InChI is InChI=1S/C32H51F5O11/c1-2-3-4-5-6-8-39-10-12-41-14-16-43-18-20-45-22-24-47-25-23-46-21-19-44-17-15-42-13-11-40-9-7-26(38)48-32-30(36)28(34)27(33)29(35)31(32)37/h2-25H2,1H3. The second-order valence-electron chi connectivity index (χ2n) is 10.0. The van der Waals surface area contributed by atoms with Crippen LogP contribution in [0.15, 0.2) is 0 Å². The smallest absolute Gasteiger partial charge is 0.313 e. The molecule has 11 nitrogen and oxygen atoms in total. The van der Waals surface area contributed by atoms with Gasteiger partial charge in [-0.3, -0.25) is 4.79 Å². The lowest BCUT2D eigenvalue weighted by atomic mass is 10.2. The third-order valence-electron chi connectivity index (χ3n) is 6.20. The van der Waals surface area contributed by atoms with E-state index in [0.717, 1.165) is 13.0 Å². The number of carbonyl (C=O) groups is 1. The Morgan fingerprint density at radius 3 is 1.04 bits per heavy atom. The number of carbonyl (C=O) groups excluding carboxylic acids is 1. The summed E-state index contributed by atoms with van der Waals surface area (Å²) in [7, 11) is 0. The predicted octanol–water partition coefficient (Wildman–Crippen LogP) is 4.80. The summed E-state index contributed by atoms with van der Waals surface area (Å²) in [4.78, 5) is 11.6. The van der Waals surface area contributed by atoms with Crippen LogP contribution in [0, 0.1) is 29.1 Å². The maximum absolute atomic E-state index is 13.5. The van der Waals surface area contributed by atoms with Crippen molar-refractivity contribution in [1.82, 2.24) is 0 Å². The Kier molecular flexibility index (Phi) is 28.4. The molecule has 48 heavy (non-hydrogen) atoms. The fraction of sp³-hybridized carbons (Fsp3) is 0.781. The average Bonchev–Trinajstić information content (AvgIpc) is 3.08. The summed E-state index contributed by atoms with van der Waals surface area (Å²) in [5, 5.41) is 0. The Labute approximate surface area is 279 Å². The quantitative estimate of drug-likeness (QED) is 0.0246. The topological polar surface area (TPSA) is 109 Å². The second-order valence-corrected chi connectivity index (χ2v) is 10.0.